The molecule has 0 unspecified atom stereocenters. The van der Waals surface area contributed by atoms with Gasteiger partial charge in [0.25, 0.3) is 5.91 Å². The molecule has 0 radical (unpaired) electrons. The first-order valence-electron chi connectivity index (χ1n) is 7.97. The van der Waals surface area contributed by atoms with Crippen molar-refractivity contribution in [2.24, 2.45) is 0 Å². The lowest BCUT2D eigenvalue weighted by Crippen LogP contribution is -2.20. The third kappa shape index (κ3) is 4.45. The minimum absolute atomic E-state index is 0.164. The normalized spacial score (nSPS) is 12.4. The van der Waals surface area contributed by atoms with Crippen molar-refractivity contribution in [3.05, 3.63) is 45.6 Å². The van der Waals surface area contributed by atoms with Crippen LogP contribution in [0.5, 0.6) is 0 Å². The Kier molecular flexibility index (Phi) is 5.14. The number of rotatable bonds is 5. The molecule has 0 atom stereocenters. The summed E-state index contributed by atoms with van der Waals surface area (Å²) in [6, 6.07) is 8.55. The maximum absolute atomic E-state index is 12.0. The van der Waals surface area contributed by atoms with Gasteiger partial charge < -0.3 is 15.4 Å². The molecule has 0 bridgehead atoms. The third-order valence-corrected chi connectivity index (χ3v) is 4.99. The van der Waals surface area contributed by atoms with Gasteiger partial charge in [-0.3, -0.25) is 9.59 Å². The maximum atomic E-state index is 12.0. The van der Waals surface area contributed by atoms with E-state index in [9.17, 15) is 14.4 Å². The molecule has 7 heteroatoms. The van der Waals surface area contributed by atoms with Crippen LogP contribution in [0.2, 0.25) is 0 Å². The highest BCUT2D eigenvalue weighted by Crippen LogP contribution is 2.30. The van der Waals surface area contributed by atoms with E-state index in [4.69, 9.17) is 4.74 Å². The SMILES string of the molecule is CC(=O)Nc1ccc(NC(=O)COC(=O)c2cc3c(s2)CCC3)cc1. The number of benzene rings is 1. The van der Waals surface area contributed by atoms with Gasteiger partial charge in [0.2, 0.25) is 5.91 Å². The quantitative estimate of drug-likeness (QED) is 0.805. The predicted octanol–water partition coefficient (Wildman–Crippen LogP) is 2.99. The summed E-state index contributed by atoms with van der Waals surface area (Å²) in [6.45, 7) is 1.08. The summed E-state index contributed by atoms with van der Waals surface area (Å²) in [5, 5.41) is 5.28. The Labute approximate surface area is 149 Å². The Bertz CT molecular complexity index is 789. The summed E-state index contributed by atoms with van der Waals surface area (Å²) in [7, 11) is 0. The van der Waals surface area contributed by atoms with E-state index in [2.05, 4.69) is 10.6 Å². The second-order valence-electron chi connectivity index (χ2n) is 5.80. The highest BCUT2D eigenvalue weighted by Gasteiger charge is 2.19. The third-order valence-electron chi connectivity index (χ3n) is 3.77. The number of esters is 1. The van der Waals surface area contributed by atoms with Crippen LogP contribution in [-0.4, -0.2) is 24.4 Å². The van der Waals surface area contributed by atoms with Crippen LogP contribution in [0.15, 0.2) is 30.3 Å². The van der Waals surface area contributed by atoms with E-state index in [-0.39, 0.29) is 12.5 Å². The fourth-order valence-electron chi connectivity index (χ4n) is 2.67. The molecule has 1 aromatic heterocycles. The van der Waals surface area contributed by atoms with Gasteiger partial charge >= 0.3 is 5.97 Å². The first kappa shape index (κ1) is 17.2. The van der Waals surface area contributed by atoms with Crippen LogP contribution >= 0.6 is 11.3 Å². The monoisotopic (exact) mass is 358 g/mol. The van der Waals surface area contributed by atoms with Crippen molar-refractivity contribution >= 4 is 40.5 Å². The van der Waals surface area contributed by atoms with Crippen LogP contribution in [0.3, 0.4) is 0 Å². The molecule has 1 aliphatic rings. The lowest BCUT2D eigenvalue weighted by Gasteiger charge is -2.07. The molecule has 6 nitrogen and oxygen atoms in total. The van der Waals surface area contributed by atoms with E-state index < -0.39 is 11.9 Å². The minimum Gasteiger partial charge on any atom is -0.451 e. The van der Waals surface area contributed by atoms with Crippen molar-refractivity contribution in [1.82, 2.24) is 0 Å². The zero-order chi connectivity index (χ0) is 17.8. The summed E-state index contributed by atoms with van der Waals surface area (Å²) < 4.78 is 5.08. The molecular formula is C18H18N2O4S. The largest absolute Gasteiger partial charge is 0.451 e. The zero-order valence-corrected chi connectivity index (χ0v) is 14.6. The topological polar surface area (TPSA) is 84.5 Å². The average molecular weight is 358 g/mol. The van der Waals surface area contributed by atoms with Crippen LogP contribution in [-0.2, 0) is 27.2 Å². The van der Waals surface area contributed by atoms with Gasteiger partial charge in [-0.05, 0) is 55.2 Å². The standard InChI is InChI=1S/C18H18N2O4S/c1-11(21)19-13-5-7-14(8-6-13)20-17(22)10-24-18(23)16-9-12-3-2-4-15(12)25-16/h5-9H,2-4,10H2,1H3,(H,19,21)(H,20,22). The molecule has 130 valence electrons. The molecule has 25 heavy (non-hydrogen) atoms. The highest BCUT2D eigenvalue weighted by molar-refractivity contribution is 7.14. The number of aryl methyl sites for hydroxylation is 2. The minimum atomic E-state index is -0.462. The second-order valence-corrected chi connectivity index (χ2v) is 6.93. The lowest BCUT2D eigenvalue weighted by molar-refractivity contribution is -0.119. The number of anilines is 2. The molecule has 0 saturated carbocycles. The number of amides is 2. The number of thiophene rings is 1. The maximum Gasteiger partial charge on any atom is 0.348 e. The van der Waals surface area contributed by atoms with Crippen molar-refractivity contribution in [2.45, 2.75) is 26.2 Å². The first-order chi connectivity index (χ1) is 12.0. The Balaban J connectivity index is 1.48. The first-order valence-corrected chi connectivity index (χ1v) is 8.79. The summed E-state index contributed by atoms with van der Waals surface area (Å²) in [4.78, 5) is 36.7. The summed E-state index contributed by atoms with van der Waals surface area (Å²) in [5.74, 6) is -1.04. The number of ether oxygens (including phenoxy) is 1. The van der Waals surface area contributed by atoms with Crippen LogP contribution in [0.1, 0.15) is 33.5 Å². The molecule has 0 fully saturated rings. The van der Waals surface area contributed by atoms with Gasteiger partial charge in [0.1, 0.15) is 4.88 Å². The van der Waals surface area contributed by atoms with E-state index in [1.807, 2.05) is 6.07 Å². The molecule has 2 aromatic rings. The van der Waals surface area contributed by atoms with Crippen molar-refractivity contribution < 1.29 is 19.1 Å². The molecule has 0 saturated heterocycles. The van der Waals surface area contributed by atoms with Crippen LogP contribution in [0.4, 0.5) is 11.4 Å². The van der Waals surface area contributed by atoms with Gasteiger partial charge in [-0.1, -0.05) is 0 Å². The van der Waals surface area contributed by atoms with E-state index in [1.54, 1.807) is 24.3 Å². The van der Waals surface area contributed by atoms with Gasteiger partial charge in [-0.2, -0.15) is 0 Å². The zero-order valence-electron chi connectivity index (χ0n) is 13.8. The van der Waals surface area contributed by atoms with Gasteiger partial charge in [-0.25, -0.2) is 4.79 Å². The van der Waals surface area contributed by atoms with Gasteiger partial charge in [-0.15, -0.1) is 11.3 Å². The Morgan fingerprint density at radius 1 is 1.08 bits per heavy atom. The number of fused-ring (bicyclic) bond motifs is 1. The van der Waals surface area contributed by atoms with Crippen LogP contribution < -0.4 is 10.6 Å². The Hall–Kier alpha value is -2.67. The van der Waals surface area contributed by atoms with Gasteiger partial charge in [0.15, 0.2) is 6.61 Å². The van der Waals surface area contributed by atoms with Gasteiger partial charge in [0, 0.05) is 23.2 Å². The number of carbonyl (C=O) groups excluding carboxylic acids is 3. The molecule has 0 spiro atoms. The highest BCUT2D eigenvalue weighted by atomic mass is 32.1. The predicted molar refractivity (Wildman–Crippen MR) is 96.0 cm³/mol. The number of hydrogen-bond acceptors (Lipinski definition) is 5. The number of carbonyl (C=O) groups is 3. The number of hydrogen-bond donors (Lipinski definition) is 2. The van der Waals surface area contributed by atoms with Crippen molar-refractivity contribution in [1.29, 1.82) is 0 Å². The van der Waals surface area contributed by atoms with Gasteiger partial charge in [0.05, 0.1) is 0 Å². The van der Waals surface area contributed by atoms with E-state index in [0.29, 0.717) is 16.3 Å². The molecule has 1 aliphatic carbocycles. The second kappa shape index (κ2) is 7.48. The average Bonchev–Trinajstić information content (AvgIpc) is 3.15. The summed E-state index contributed by atoms with van der Waals surface area (Å²) >= 11 is 1.45. The van der Waals surface area contributed by atoms with E-state index >= 15 is 0 Å². The van der Waals surface area contributed by atoms with Crippen molar-refractivity contribution in [3.8, 4) is 0 Å². The Morgan fingerprint density at radius 3 is 2.40 bits per heavy atom. The summed E-state index contributed by atoms with van der Waals surface area (Å²) in [6.07, 6.45) is 3.16. The van der Waals surface area contributed by atoms with E-state index in [0.717, 1.165) is 19.3 Å². The molecule has 2 amide bonds. The molecular weight excluding hydrogens is 340 g/mol. The van der Waals surface area contributed by atoms with Crippen LogP contribution in [0, 0.1) is 0 Å². The fraction of sp³-hybridized carbons (Fsp3) is 0.278. The Morgan fingerprint density at radius 2 is 1.76 bits per heavy atom. The molecule has 1 aromatic carbocycles. The van der Waals surface area contributed by atoms with Crippen LogP contribution in [0.25, 0.3) is 0 Å². The van der Waals surface area contributed by atoms with Crippen molar-refractivity contribution in [2.75, 3.05) is 17.2 Å². The van der Waals surface area contributed by atoms with Crippen molar-refractivity contribution in [3.63, 3.8) is 0 Å². The molecule has 2 N–H and O–H groups in total. The summed E-state index contributed by atoms with van der Waals surface area (Å²) in [5.41, 5.74) is 2.42. The fourth-order valence-corrected chi connectivity index (χ4v) is 3.82. The number of nitrogens with one attached hydrogen (secondary N) is 2. The molecule has 1 heterocycles. The molecule has 0 aliphatic heterocycles. The molecule has 3 rings (SSSR count). The van der Waals surface area contributed by atoms with E-state index in [1.165, 1.54) is 28.7 Å². The smallest absolute Gasteiger partial charge is 0.348 e. The lowest BCUT2D eigenvalue weighted by atomic mass is 10.2.